The first kappa shape index (κ1) is 14.6. The minimum Gasteiger partial charge on any atom is -0.480 e. The van der Waals surface area contributed by atoms with E-state index < -0.39 is 29.4 Å². The average molecular weight is 271 g/mol. The van der Waals surface area contributed by atoms with E-state index in [0.29, 0.717) is 6.54 Å². The lowest BCUT2D eigenvalue weighted by atomic mass is 10.3. The van der Waals surface area contributed by atoms with Crippen LogP contribution in [-0.2, 0) is 11.3 Å². The Balaban J connectivity index is 2.98. The number of nitro groups is 1. The van der Waals surface area contributed by atoms with Crippen LogP contribution in [0.3, 0.4) is 0 Å². The Hall–Kier alpha value is -2.42. The summed E-state index contributed by atoms with van der Waals surface area (Å²) in [5.74, 6) is -2.18. The van der Waals surface area contributed by atoms with Gasteiger partial charge in [0.2, 0.25) is 0 Å². The zero-order valence-electron chi connectivity index (χ0n) is 10.1. The maximum atomic E-state index is 11.8. The Labute approximate surface area is 107 Å². The third kappa shape index (κ3) is 3.28. The first-order valence-corrected chi connectivity index (χ1v) is 5.39. The summed E-state index contributed by atoms with van der Waals surface area (Å²) in [6.45, 7) is 1.23. The lowest BCUT2D eigenvalue weighted by Gasteiger charge is -2.12. The van der Waals surface area contributed by atoms with Gasteiger partial charge in [0, 0.05) is 12.6 Å². The van der Waals surface area contributed by atoms with Gasteiger partial charge in [0.25, 0.3) is 11.6 Å². The summed E-state index contributed by atoms with van der Waals surface area (Å²) in [5.41, 5.74) is -0.295. The van der Waals surface area contributed by atoms with Crippen molar-refractivity contribution in [2.45, 2.75) is 19.5 Å². The summed E-state index contributed by atoms with van der Waals surface area (Å²) < 4.78 is 1.32. The van der Waals surface area contributed by atoms with Crippen molar-refractivity contribution in [1.82, 2.24) is 9.88 Å². The molecule has 1 aromatic rings. The molecule has 1 amide bonds. The molecule has 0 bridgehead atoms. The molecule has 3 N–H and O–H groups in total. The van der Waals surface area contributed by atoms with Gasteiger partial charge in [-0.05, 0) is 6.92 Å². The van der Waals surface area contributed by atoms with Crippen LogP contribution in [0.15, 0.2) is 12.3 Å². The third-order valence-corrected chi connectivity index (χ3v) is 2.45. The smallest absolute Gasteiger partial charge is 0.328 e. The van der Waals surface area contributed by atoms with Crippen LogP contribution in [0.4, 0.5) is 5.69 Å². The number of aryl methyl sites for hydroxylation is 1. The van der Waals surface area contributed by atoms with Crippen molar-refractivity contribution in [3.63, 3.8) is 0 Å². The van der Waals surface area contributed by atoms with Crippen molar-refractivity contribution in [3.05, 3.63) is 28.1 Å². The highest BCUT2D eigenvalue weighted by Gasteiger charge is 2.23. The van der Waals surface area contributed by atoms with Crippen molar-refractivity contribution in [2.24, 2.45) is 0 Å². The molecule has 0 saturated heterocycles. The second-order valence-electron chi connectivity index (χ2n) is 3.67. The molecule has 0 spiro atoms. The number of aliphatic hydroxyl groups is 1. The van der Waals surface area contributed by atoms with E-state index in [4.69, 9.17) is 10.2 Å². The molecule has 9 nitrogen and oxygen atoms in total. The molecule has 0 saturated carbocycles. The highest BCUT2D eigenvalue weighted by atomic mass is 16.6. The molecule has 1 heterocycles. The Morgan fingerprint density at radius 1 is 1.58 bits per heavy atom. The maximum Gasteiger partial charge on any atom is 0.328 e. The fourth-order valence-electron chi connectivity index (χ4n) is 1.46. The van der Waals surface area contributed by atoms with Crippen LogP contribution in [0.2, 0.25) is 0 Å². The molecule has 19 heavy (non-hydrogen) atoms. The van der Waals surface area contributed by atoms with Gasteiger partial charge < -0.3 is 20.1 Å². The number of carbonyl (C=O) groups excluding carboxylic acids is 1. The summed E-state index contributed by atoms with van der Waals surface area (Å²) in [6.07, 6.45) is 1.18. The van der Waals surface area contributed by atoms with Gasteiger partial charge in [-0.15, -0.1) is 0 Å². The van der Waals surface area contributed by atoms with Gasteiger partial charge in [-0.1, -0.05) is 0 Å². The molecule has 0 aliphatic carbocycles. The molecular formula is C10H13N3O6. The Morgan fingerprint density at radius 2 is 2.21 bits per heavy atom. The SMILES string of the molecule is CCn1cc([N+](=O)[O-])cc1C(=O)N[C@H](CO)C(=O)O. The number of carboxylic acid groups (broad SMARTS) is 1. The van der Waals surface area contributed by atoms with Crippen LogP contribution >= 0.6 is 0 Å². The van der Waals surface area contributed by atoms with Crippen LogP contribution < -0.4 is 5.32 Å². The number of carboxylic acids is 1. The van der Waals surface area contributed by atoms with Crippen LogP contribution in [0.1, 0.15) is 17.4 Å². The quantitative estimate of drug-likeness (QED) is 0.475. The minimum absolute atomic E-state index is 0.0334. The number of nitrogens with zero attached hydrogens (tertiary/aromatic N) is 2. The van der Waals surface area contributed by atoms with Crippen LogP contribution in [0.5, 0.6) is 0 Å². The average Bonchev–Trinajstić information content (AvgIpc) is 2.79. The molecule has 9 heteroatoms. The van der Waals surface area contributed by atoms with E-state index in [9.17, 15) is 19.7 Å². The number of carbonyl (C=O) groups is 2. The number of aliphatic hydroxyl groups excluding tert-OH is 1. The van der Waals surface area contributed by atoms with Crippen LogP contribution in [0.25, 0.3) is 0 Å². The van der Waals surface area contributed by atoms with E-state index in [1.54, 1.807) is 6.92 Å². The standard InChI is InChI=1S/C10H13N3O6/c1-2-12-4-6(13(18)19)3-8(12)9(15)11-7(5-14)10(16)17/h3-4,7,14H,2,5H2,1H3,(H,11,15)(H,16,17)/t7-/m1/s1. The van der Waals surface area contributed by atoms with Gasteiger partial charge >= 0.3 is 5.97 Å². The Morgan fingerprint density at radius 3 is 2.63 bits per heavy atom. The number of nitrogens with one attached hydrogen (secondary N) is 1. The van der Waals surface area contributed by atoms with Gasteiger partial charge in [-0.25, -0.2) is 4.79 Å². The summed E-state index contributed by atoms with van der Waals surface area (Å²) in [4.78, 5) is 32.4. The van der Waals surface area contributed by atoms with Crippen molar-refractivity contribution < 1.29 is 24.7 Å². The van der Waals surface area contributed by atoms with Gasteiger partial charge in [0.05, 0.1) is 17.7 Å². The van der Waals surface area contributed by atoms with Gasteiger partial charge in [-0.3, -0.25) is 14.9 Å². The largest absolute Gasteiger partial charge is 0.480 e. The summed E-state index contributed by atoms with van der Waals surface area (Å²) in [6, 6.07) is -0.401. The van der Waals surface area contributed by atoms with Crippen molar-refractivity contribution >= 4 is 17.6 Å². The van der Waals surface area contributed by atoms with Crippen LogP contribution in [0, 0.1) is 10.1 Å². The van der Waals surface area contributed by atoms with Crippen molar-refractivity contribution in [3.8, 4) is 0 Å². The number of aliphatic carboxylic acids is 1. The third-order valence-electron chi connectivity index (χ3n) is 2.45. The molecule has 0 aliphatic heterocycles. The molecule has 1 atom stereocenters. The normalized spacial score (nSPS) is 11.9. The molecule has 0 fully saturated rings. The fraction of sp³-hybridized carbons (Fsp3) is 0.400. The molecule has 1 rings (SSSR count). The second kappa shape index (κ2) is 5.96. The lowest BCUT2D eigenvalue weighted by Crippen LogP contribution is -2.43. The van der Waals surface area contributed by atoms with Gasteiger partial charge in [0.15, 0.2) is 6.04 Å². The second-order valence-corrected chi connectivity index (χ2v) is 3.67. The zero-order valence-corrected chi connectivity index (χ0v) is 10.1. The topological polar surface area (TPSA) is 135 Å². The number of aromatic nitrogens is 1. The van der Waals surface area contributed by atoms with Gasteiger partial charge in [0.1, 0.15) is 5.69 Å². The molecule has 104 valence electrons. The lowest BCUT2D eigenvalue weighted by molar-refractivity contribution is -0.384. The fourth-order valence-corrected chi connectivity index (χ4v) is 1.46. The first-order valence-electron chi connectivity index (χ1n) is 5.39. The summed E-state index contributed by atoms with van der Waals surface area (Å²) in [5, 5.41) is 30.2. The molecule has 1 aromatic heterocycles. The molecule has 0 aromatic carbocycles. The minimum atomic E-state index is -1.45. The first-order chi connectivity index (χ1) is 8.90. The Bertz CT molecular complexity index is 509. The van der Waals surface area contributed by atoms with Crippen molar-refractivity contribution in [1.29, 1.82) is 0 Å². The highest BCUT2D eigenvalue weighted by Crippen LogP contribution is 2.16. The molecule has 0 aliphatic rings. The number of hydrogen-bond donors (Lipinski definition) is 3. The predicted octanol–water partition coefficient (Wildman–Crippen LogP) is -0.409. The molecular weight excluding hydrogens is 258 g/mol. The predicted molar refractivity (Wildman–Crippen MR) is 62.7 cm³/mol. The molecule has 0 radical (unpaired) electrons. The van der Waals surface area contributed by atoms with E-state index in [2.05, 4.69) is 5.32 Å². The zero-order chi connectivity index (χ0) is 14.6. The Kier molecular flexibility index (Phi) is 4.59. The van der Waals surface area contributed by atoms with E-state index in [1.807, 2.05) is 0 Å². The summed E-state index contributed by atoms with van der Waals surface area (Å²) >= 11 is 0. The summed E-state index contributed by atoms with van der Waals surface area (Å²) in [7, 11) is 0. The van der Waals surface area contributed by atoms with Crippen LogP contribution in [-0.4, -0.2) is 44.2 Å². The van der Waals surface area contributed by atoms with E-state index in [0.717, 1.165) is 6.07 Å². The van der Waals surface area contributed by atoms with Crippen molar-refractivity contribution in [2.75, 3.05) is 6.61 Å². The van der Waals surface area contributed by atoms with E-state index in [-0.39, 0.29) is 11.4 Å². The maximum absolute atomic E-state index is 11.8. The number of amides is 1. The monoisotopic (exact) mass is 271 g/mol. The molecule has 0 unspecified atom stereocenters. The van der Waals surface area contributed by atoms with E-state index in [1.165, 1.54) is 10.8 Å². The number of rotatable bonds is 6. The van der Waals surface area contributed by atoms with E-state index >= 15 is 0 Å². The highest BCUT2D eigenvalue weighted by molar-refractivity contribution is 5.96. The van der Waals surface area contributed by atoms with Gasteiger partial charge in [-0.2, -0.15) is 0 Å². The number of hydrogen-bond acceptors (Lipinski definition) is 5.